The second-order valence-corrected chi connectivity index (χ2v) is 7.63. The van der Waals surface area contributed by atoms with Crippen molar-refractivity contribution in [1.82, 2.24) is 14.9 Å². The molecule has 3 heterocycles. The number of hydrogen-bond acceptors (Lipinski definition) is 7. The minimum atomic E-state index is 0.235. The van der Waals surface area contributed by atoms with Crippen LogP contribution in [0.25, 0.3) is 0 Å². The molecule has 0 atom stereocenters. The Labute approximate surface area is 149 Å². The first-order valence-electron chi connectivity index (χ1n) is 9.70. The maximum Gasteiger partial charge on any atom is 0.227 e. The van der Waals surface area contributed by atoms with E-state index in [0.717, 1.165) is 70.4 Å². The van der Waals surface area contributed by atoms with E-state index in [1.54, 1.807) is 0 Å². The van der Waals surface area contributed by atoms with Crippen molar-refractivity contribution < 1.29 is 5.11 Å². The third-order valence-electron chi connectivity index (χ3n) is 5.81. The molecular formula is C18H30N6O. The Hall–Kier alpha value is -1.44. The zero-order chi connectivity index (χ0) is 17.2. The van der Waals surface area contributed by atoms with Crippen LogP contribution >= 0.6 is 0 Å². The Balaban J connectivity index is 1.53. The van der Waals surface area contributed by atoms with E-state index in [1.807, 2.05) is 0 Å². The summed E-state index contributed by atoms with van der Waals surface area (Å²) in [4.78, 5) is 16.8. The zero-order valence-electron chi connectivity index (χ0n) is 15.0. The lowest BCUT2D eigenvalue weighted by Gasteiger charge is -2.36. The van der Waals surface area contributed by atoms with E-state index >= 15 is 0 Å². The number of rotatable bonds is 5. The molecule has 0 bridgehead atoms. The molecule has 2 aliphatic heterocycles. The smallest absolute Gasteiger partial charge is 0.227 e. The van der Waals surface area contributed by atoms with E-state index in [2.05, 4.69) is 20.8 Å². The molecule has 4 rings (SSSR count). The van der Waals surface area contributed by atoms with Crippen LogP contribution in [-0.4, -0.2) is 78.4 Å². The topological polar surface area (TPSA) is 81.8 Å². The van der Waals surface area contributed by atoms with Crippen molar-refractivity contribution in [3.05, 3.63) is 11.8 Å². The molecule has 25 heavy (non-hydrogen) atoms. The van der Waals surface area contributed by atoms with Gasteiger partial charge in [0.2, 0.25) is 5.95 Å². The second kappa shape index (κ2) is 7.43. The van der Waals surface area contributed by atoms with Crippen LogP contribution in [0.1, 0.15) is 37.3 Å². The highest BCUT2D eigenvalue weighted by atomic mass is 16.3. The normalized spacial score (nSPS) is 27.6. The van der Waals surface area contributed by atoms with Gasteiger partial charge in [-0.1, -0.05) is 0 Å². The SMILES string of the molecule is NC1CC(c2cc(N3CCN(CCO)CC3)nc(N3CCCC3)n2)C1. The minimum absolute atomic E-state index is 0.235. The largest absolute Gasteiger partial charge is 0.395 e. The van der Waals surface area contributed by atoms with Gasteiger partial charge in [0.05, 0.1) is 12.3 Å². The third-order valence-corrected chi connectivity index (χ3v) is 5.81. The van der Waals surface area contributed by atoms with Gasteiger partial charge in [-0.2, -0.15) is 4.98 Å². The predicted octanol–water partition coefficient (Wildman–Crippen LogP) is 0.396. The van der Waals surface area contributed by atoms with Gasteiger partial charge < -0.3 is 20.6 Å². The maximum atomic E-state index is 9.12. The third kappa shape index (κ3) is 3.73. The summed E-state index contributed by atoms with van der Waals surface area (Å²) >= 11 is 0. The van der Waals surface area contributed by atoms with Crippen LogP contribution in [0.3, 0.4) is 0 Å². The highest BCUT2D eigenvalue weighted by molar-refractivity contribution is 5.48. The fraction of sp³-hybridized carbons (Fsp3) is 0.778. The molecule has 138 valence electrons. The number of hydrogen-bond donors (Lipinski definition) is 2. The number of β-amino-alcohol motifs (C(OH)–C–C–N with tert-alkyl or cyclic N) is 1. The quantitative estimate of drug-likeness (QED) is 0.798. The predicted molar refractivity (Wildman–Crippen MR) is 99.2 cm³/mol. The number of nitrogens with two attached hydrogens (primary N) is 1. The van der Waals surface area contributed by atoms with Gasteiger partial charge >= 0.3 is 0 Å². The molecule has 0 aromatic carbocycles. The van der Waals surface area contributed by atoms with Crippen LogP contribution in [0.2, 0.25) is 0 Å². The molecule has 3 aliphatic rings. The number of piperazine rings is 1. The summed E-state index contributed by atoms with van der Waals surface area (Å²) in [6, 6.07) is 2.53. The fourth-order valence-electron chi connectivity index (χ4n) is 4.11. The van der Waals surface area contributed by atoms with Crippen LogP contribution in [0, 0.1) is 0 Å². The Morgan fingerprint density at radius 2 is 1.72 bits per heavy atom. The number of anilines is 2. The van der Waals surface area contributed by atoms with Crippen LogP contribution in [0.15, 0.2) is 6.07 Å². The van der Waals surface area contributed by atoms with Crippen molar-refractivity contribution in [2.24, 2.45) is 5.73 Å². The van der Waals surface area contributed by atoms with Crippen molar-refractivity contribution in [3.8, 4) is 0 Å². The summed E-state index contributed by atoms with van der Waals surface area (Å²) in [5.74, 6) is 2.47. The minimum Gasteiger partial charge on any atom is -0.395 e. The number of aliphatic hydroxyl groups excluding tert-OH is 1. The van der Waals surface area contributed by atoms with Gasteiger partial charge in [0, 0.05) is 63.8 Å². The van der Waals surface area contributed by atoms with Gasteiger partial charge in [0.25, 0.3) is 0 Å². The summed E-state index contributed by atoms with van der Waals surface area (Å²) < 4.78 is 0. The summed E-state index contributed by atoms with van der Waals surface area (Å²) in [5, 5.41) is 9.12. The van der Waals surface area contributed by atoms with Gasteiger partial charge in [-0.15, -0.1) is 0 Å². The van der Waals surface area contributed by atoms with E-state index in [-0.39, 0.29) is 6.61 Å². The Kier molecular flexibility index (Phi) is 5.05. The molecular weight excluding hydrogens is 316 g/mol. The molecule has 0 radical (unpaired) electrons. The first kappa shape index (κ1) is 17.0. The molecule has 1 aliphatic carbocycles. The highest BCUT2D eigenvalue weighted by Crippen LogP contribution is 2.36. The van der Waals surface area contributed by atoms with Crippen molar-refractivity contribution in [2.45, 2.75) is 37.6 Å². The summed E-state index contributed by atoms with van der Waals surface area (Å²) in [5.41, 5.74) is 7.17. The van der Waals surface area contributed by atoms with E-state index in [1.165, 1.54) is 18.5 Å². The van der Waals surface area contributed by atoms with Crippen molar-refractivity contribution in [3.63, 3.8) is 0 Å². The van der Waals surface area contributed by atoms with Crippen molar-refractivity contribution in [1.29, 1.82) is 0 Å². The Morgan fingerprint density at radius 1 is 1.00 bits per heavy atom. The number of aliphatic hydroxyl groups is 1. The summed E-state index contributed by atoms with van der Waals surface area (Å²) in [7, 11) is 0. The lowest BCUT2D eigenvalue weighted by molar-refractivity contribution is 0.188. The van der Waals surface area contributed by atoms with Crippen LogP contribution in [0.4, 0.5) is 11.8 Å². The van der Waals surface area contributed by atoms with Crippen LogP contribution < -0.4 is 15.5 Å². The van der Waals surface area contributed by atoms with Crippen molar-refractivity contribution >= 4 is 11.8 Å². The monoisotopic (exact) mass is 346 g/mol. The second-order valence-electron chi connectivity index (χ2n) is 7.63. The van der Waals surface area contributed by atoms with Gasteiger partial charge in [-0.25, -0.2) is 4.98 Å². The Morgan fingerprint density at radius 3 is 2.36 bits per heavy atom. The lowest BCUT2D eigenvalue weighted by atomic mass is 9.78. The van der Waals surface area contributed by atoms with E-state index in [9.17, 15) is 0 Å². The molecule has 0 spiro atoms. The lowest BCUT2D eigenvalue weighted by Crippen LogP contribution is -2.47. The van der Waals surface area contributed by atoms with Gasteiger partial charge in [0.1, 0.15) is 5.82 Å². The molecule has 7 heteroatoms. The fourth-order valence-corrected chi connectivity index (χ4v) is 4.11. The molecule has 0 unspecified atom stereocenters. The molecule has 1 aromatic rings. The molecule has 3 N–H and O–H groups in total. The maximum absolute atomic E-state index is 9.12. The number of nitrogens with zero attached hydrogens (tertiary/aromatic N) is 5. The van der Waals surface area contributed by atoms with Crippen LogP contribution in [0.5, 0.6) is 0 Å². The van der Waals surface area contributed by atoms with E-state index in [0.29, 0.717) is 12.0 Å². The van der Waals surface area contributed by atoms with Crippen LogP contribution in [-0.2, 0) is 0 Å². The zero-order valence-corrected chi connectivity index (χ0v) is 15.0. The average molecular weight is 346 g/mol. The van der Waals surface area contributed by atoms with Gasteiger partial charge in [-0.3, -0.25) is 4.90 Å². The average Bonchev–Trinajstić information content (AvgIpc) is 3.14. The van der Waals surface area contributed by atoms with Crippen molar-refractivity contribution in [2.75, 3.05) is 62.2 Å². The molecule has 7 nitrogen and oxygen atoms in total. The molecule has 1 saturated carbocycles. The Bertz CT molecular complexity index is 577. The highest BCUT2D eigenvalue weighted by Gasteiger charge is 2.31. The summed E-state index contributed by atoms with van der Waals surface area (Å²) in [6.45, 7) is 7.01. The summed E-state index contributed by atoms with van der Waals surface area (Å²) in [6.07, 6.45) is 4.55. The molecule has 2 saturated heterocycles. The number of aromatic nitrogens is 2. The van der Waals surface area contributed by atoms with E-state index in [4.69, 9.17) is 20.8 Å². The first-order valence-corrected chi connectivity index (χ1v) is 9.70. The molecule has 0 amide bonds. The van der Waals surface area contributed by atoms with Gasteiger partial charge in [0.15, 0.2) is 0 Å². The van der Waals surface area contributed by atoms with E-state index < -0.39 is 0 Å². The van der Waals surface area contributed by atoms with Gasteiger partial charge in [-0.05, 0) is 25.7 Å². The molecule has 1 aromatic heterocycles. The standard InChI is InChI=1S/C18H30N6O/c19-15-11-14(12-15)16-13-17(21-18(20-16)24-3-1-2-4-24)23-7-5-22(6-8-23)9-10-25/h13-15,25H,1-12,19H2. The first-order chi connectivity index (χ1) is 12.2. The molecule has 3 fully saturated rings.